The number of hydrogen-bond acceptors (Lipinski definition) is 5. The molecule has 0 bridgehead atoms. The van der Waals surface area contributed by atoms with Crippen LogP contribution in [0.4, 0.5) is 5.82 Å². The van der Waals surface area contributed by atoms with Crippen molar-refractivity contribution in [2.75, 3.05) is 5.32 Å². The highest BCUT2D eigenvalue weighted by atomic mass is 16.1. The van der Waals surface area contributed by atoms with Crippen molar-refractivity contribution in [3.05, 3.63) is 46.0 Å². The fraction of sp³-hybridized carbons (Fsp3) is 0.333. The molecule has 0 aliphatic heterocycles. The molecule has 2 heterocycles. The van der Waals surface area contributed by atoms with Gasteiger partial charge in [-0.3, -0.25) is 4.79 Å². The second-order valence-corrected chi connectivity index (χ2v) is 3.88. The molecule has 0 aromatic carbocycles. The molecule has 18 heavy (non-hydrogen) atoms. The quantitative estimate of drug-likeness (QED) is 0.841. The summed E-state index contributed by atoms with van der Waals surface area (Å²) in [6.07, 6.45) is 2.40. The van der Waals surface area contributed by atoms with E-state index >= 15 is 0 Å². The Morgan fingerprint density at radius 1 is 1.39 bits per heavy atom. The lowest BCUT2D eigenvalue weighted by Crippen LogP contribution is -2.13. The molecule has 2 rings (SSSR count). The van der Waals surface area contributed by atoms with Gasteiger partial charge >= 0.3 is 0 Å². The Labute approximate surface area is 105 Å². The third-order valence-electron chi connectivity index (χ3n) is 2.41. The van der Waals surface area contributed by atoms with E-state index in [1.165, 1.54) is 6.07 Å². The van der Waals surface area contributed by atoms with Crippen molar-refractivity contribution in [1.29, 1.82) is 0 Å². The molecule has 2 aromatic heterocycles. The second-order valence-electron chi connectivity index (χ2n) is 3.88. The van der Waals surface area contributed by atoms with Gasteiger partial charge in [-0.05, 0) is 13.0 Å². The smallest absolute Gasteiger partial charge is 0.252 e. The molecule has 0 spiro atoms. The van der Waals surface area contributed by atoms with E-state index in [1.54, 1.807) is 6.20 Å². The van der Waals surface area contributed by atoms with Gasteiger partial charge in [0, 0.05) is 18.7 Å². The molecular formula is C12H15N5O. The fourth-order valence-corrected chi connectivity index (χ4v) is 1.55. The van der Waals surface area contributed by atoms with Crippen LogP contribution in [0, 0.1) is 6.92 Å². The van der Waals surface area contributed by atoms with Crippen LogP contribution < -0.4 is 10.9 Å². The van der Waals surface area contributed by atoms with E-state index < -0.39 is 0 Å². The predicted molar refractivity (Wildman–Crippen MR) is 68.3 cm³/mol. The summed E-state index contributed by atoms with van der Waals surface area (Å²) in [7, 11) is 0. The summed E-state index contributed by atoms with van der Waals surface area (Å²) >= 11 is 0. The molecule has 94 valence electrons. The zero-order valence-electron chi connectivity index (χ0n) is 10.4. The highest BCUT2D eigenvalue weighted by Crippen LogP contribution is 2.03. The van der Waals surface area contributed by atoms with Gasteiger partial charge in [-0.25, -0.2) is 15.0 Å². The Hall–Kier alpha value is -2.24. The van der Waals surface area contributed by atoms with Crippen molar-refractivity contribution in [1.82, 2.24) is 19.9 Å². The molecular weight excluding hydrogens is 230 g/mol. The van der Waals surface area contributed by atoms with E-state index in [1.807, 2.05) is 19.9 Å². The minimum Gasteiger partial charge on any atom is -0.364 e. The number of aromatic amines is 1. The zero-order chi connectivity index (χ0) is 13.0. The van der Waals surface area contributed by atoms with E-state index in [0.29, 0.717) is 24.6 Å². The molecule has 6 nitrogen and oxygen atoms in total. The molecule has 0 saturated heterocycles. The number of hydrogen-bond donors (Lipinski definition) is 2. The summed E-state index contributed by atoms with van der Waals surface area (Å²) in [5, 5.41) is 3.08. The molecule has 0 amide bonds. The molecule has 0 radical (unpaired) electrons. The van der Waals surface area contributed by atoms with Gasteiger partial charge in [0.15, 0.2) is 0 Å². The predicted octanol–water partition coefficient (Wildman–Crippen LogP) is 1.04. The molecule has 0 saturated carbocycles. The normalized spacial score (nSPS) is 10.3. The molecule has 0 unspecified atom stereocenters. The molecule has 0 atom stereocenters. The highest BCUT2D eigenvalue weighted by molar-refractivity contribution is 5.33. The van der Waals surface area contributed by atoms with Gasteiger partial charge in [0.1, 0.15) is 17.5 Å². The first-order chi connectivity index (χ1) is 8.67. The summed E-state index contributed by atoms with van der Waals surface area (Å²) in [4.78, 5) is 26.6. The Bertz CT molecular complexity index is 593. The summed E-state index contributed by atoms with van der Waals surface area (Å²) in [6, 6.07) is 3.26. The van der Waals surface area contributed by atoms with Crippen LogP contribution in [0.3, 0.4) is 0 Å². The van der Waals surface area contributed by atoms with E-state index in [-0.39, 0.29) is 5.56 Å². The highest BCUT2D eigenvalue weighted by Gasteiger charge is 2.01. The molecule has 0 aliphatic carbocycles. The Kier molecular flexibility index (Phi) is 3.66. The Balaban J connectivity index is 2.10. The van der Waals surface area contributed by atoms with Crippen LogP contribution in [0.1, 0.15) is 24.3 Å². The molecule has 2 aromatic rings. The van der Waals surface area contributed by atoms with Crippen molar-refractivity contribution in [3.63, 3.8) is 0 Å². The largest absolute Gasteiger partial charge is 0.364 e. The topological polar surface area (TPSA) is 83.6 Å². The summed E-state index contributed by atoms with van der Waals surface area (Å²) in [5.41, 5.74) is 0.714. The van der Waals surface area contributed by atoms with Gasteiger partial charge < -0.3 is 10.3 Å². The maximum Gasteiger partial charge on any atom is 0.252 e. The van der Waals surface area contributed by atoms with Gasteiger partial charge in [-0.2, -0.15) is 0 Å². The molecule has 2 N–H and O–H groups in total. The van der Waals surface area contributed by atoms with Crippen LogP contribution >= 0.6 is 0 Å². The van der Waals surface area contributed by atoms with Crippen molar-refractivity contribution in [2.45, 2.75) is 26.8 Å². The van der Waals surface area contributed by atoms with E-state index in [0.717, 1.165) is 11.5 Å². The van der Waals surface area contributed by atoms with Gasteiger partial charge in [0.25, 0.3) is 5.56 Å². The lowest BCUT2D eigenvalue weighted by atomic mass is 10.4. The average molecular weight is 245 g/mol. The second kappa shape index (κ2) is 5.39. The Morgan fingerprint density at radius 2 is 2.22 bits per heavy atom. The van der Waals surface area contributed by atoms with Crippen LogP contribution in [0.15, 0.2) is 23.1 Å². The average Bonchev–Trinajstić information content (AvgIpc) is 2.36. The maximum absolute atomic E-state index is 11.4. The first kappa shape index (κ1) is 12.2. The number of rotatable bonds is 4. The van der Waals surface area contributed by atoms with Crippen molar-refractivity contribution in [2.24, 2.45) is 0 Å². The SMILES string of the molecule is CCc1nc(NCc2ccnc(C)n2)cc(=O)[nH]1. The lowest BCUT2D eigenvalue weighted by molar-refractivity contribution is 0.903. The first-order valence-corrected chi connectivity index (χ1v) is 5.80. The first-order valence-electron chi connectivity index (χ1n) is 5.80. The minimum absolute atomic E-state index is 0.150. The van der Waals surface area contributed by atoms with Crippen LogP contribution in [0.5, 0.6) is 0 Å². The van der Waals surface area contributed by atoms with Crippen LogP contribution in [0.2, 0.25) is 0 Å². The zero-order valence-corrected chi connectivity index (χ0v) is 10.4. The van der Waals surface area contributed by atoms with Gasteiger partial charge in [-0.15, -0.1) is 0 Å². The fourth-order valence-electron chi connectivity index (χ4n) is 1.55. The van der Waals surface area contributed by atoms with Crippen LogP contribution in [-0.4, -0.2) is 19.9 Å². The monoisotopic (exact) mass is 245 g/mol. The van der Waals surface area contributed by atoms with Gasteiger partial charge in [0.2, 0.25) is 0 Å². The molecule has 0 aliphatic rings. The van der Waals surface area contributed by atoms with Crippen molar-refractivity contribution in [3.8, 4) is 0 Å². The van der Waals surface area contributed by atoms with Gasteiger partial charge in [0.05, 0.1) is 12.2 Å². The summed E-state index contributed by atoms with van der Waals surface area (Å²) < 4.78 is 0. The van der Waals surface area contributed by atoms with Crippen LogP contribution in [-0.2, 0) is 13.0 Å². The number of nitrogens with zero attached hydrogens (tertiary/aromatic N) is 3. The lowest BCUT2D eigenvalue weighted by Gasteiger charge is -2.06. The number of nitrogens with one attached hydrogen (secondary N) is 2. The summed E-state index contributed by atoms with van der Waals surface area (Å²) in [5.74, 6) is 1.96. The van der Waals surface area contributed by atoms with Crippen molar-refractivity contribution >= 4 is 5.82 Å². The number of aromatic nitrogens is 4. The van der Waals surface area contributed by atoms with E-state index in [4.69, 9.17) is 0 Å². The van der Waals surface area contributed by atoms with Crippen LogP contribution in [0.25, 0.3) is 0 Å². The third-order valence-corrected chi connectivity index (χ3v) is 2.41. The number of anilines is 1. The third kappa shape index (κ3) is 3.13. The van der Waals surface area contributed by atoms with E-state index in [2.05, 4.69) is 25.3 Å². The summed E-state index contributed by atoms with van der Waals surface area (Å²) in [6.45, 7) is 4.29. The van der Waals surface area contributed by atoms with E-state index in [9.17, 15) is 4.79 Å². The van der Waals surface area contributed by atoms with Gasteiger partial charge in [-0.1, -0.05) is 6.92 Å². The number of H-pyrrole nitrogens is 1. The minimum atomic E-state index is -0.150. The molecule has 6 heteroatoms. The maximum atomic E-state index is 11.4. The molecule has 0 fully saturated rings. The Morgan fingerprint density at radius 3 is 2.94 bits per heavy atom. The number of aryl methyl sites for hydroxylation is 2. The standard InChI is InChI=1S/C12H15N5O/c1-3-10-16-11(6-12(18)17-10)14-7-9-4-5-13-8(2)15-9/h4-6H,3,7H2,1-2H3,(H2,14,16,17,18). The van der Waals surface area contributed by atoms with Crippen molar-refractivity contribution < 1.29 is 0 Å².